The highest BCUT2D eigenvalue weighted by atomic mass is 16.5. The number of carbonyl (C=O) groups is 2. The molecule has 32 heavy (non-hydrogen) atoms. The standard InChI is InChI=1S/C25H26N4O3/c1-25(2)15-21(30)26-20-9-8-18(14-19(20)25)24(31)29-12-10-17(11-13-29)23-27-22(28-32-23)16-6-4-3-5-7-16/h3-9,14,17H,10-13,15H2,1-2H3,(H,26,30). The number of amides is 2. The van der Waals surface area contributed by atoms with E-state index in [-0.39, 0.29) is 23.1 Å². The van der Waals surface area contributed by atoms with Crippen LogP contribution in [0.1, 0.15) is 60.8 Å². The number of likely N-dealkylation sites (tertiary alicyclic amines) is 1. The van der Waals surface area contributed by atoms with E-state index in [1.807, 2.05) is 61.2 Å². The van der Waals surface area contributed by atoms with Crippen molar-refractivity contribution in [2.45, 2.75) is 44.4 Å². The summed E-state index contributed by atoms with van der Waals surface area (Å²) in [6.07, 6.45) is 1.99. The lowest BCUT2D eigenvalue weighted by molar-refractivity contribution is -0.117. The Kier molecular flexibility index (Phi) is 5.04. The van der Waals surface area contributed by atoms with E-state index in [9.17, 15) is 9.59 Å². The lowest BCUT2D eigenvalue weighted by Gasteiger charge is -2.33. The fourth-order valence-electron chi connectivity index (χ4n) is 4.65. The SMILES string of the molecule is CC1(C)CC(=O)Nc2ccc(C(=O)N3CCC(c4nc(-c5ccccc5)no4)CC3)cc21. The number of benzene rings is 2. The molecule has 0 unspecified atom stereocenters. The van der Waals surface area contributed by atoms with Crippen LogP contribution in [0.4, 0.5) is 5.69 Å². The summed E-state index contributed by atoms with van der Waals surface area (Å²) in [6, 6.07) is 15.4. The van der Waals surface area contributed by atoms with Crippen molar-refractivity contribution in [3.63, 3.8) is 0 Å². The molecule has 2 aromatic carbocycles. The van der Waals surface area contributed by atoms with Crippen molar-refractivity contribution in [1.82, 2.24) is 15.0 Å². The van der Waals surface area contributed by atoms with E-state index in [4.69, 9.17) is 4.52 Å². The average Bonchev–Trinajstić information content (AvgIpc) is 3.29. The first kappa shape index (κ1) is 20.4. The number of hydrogen-bond donors (Lipinski definition) is 1. The number of anilines is 1. The molecule has 3 heterocycles. The van der Waals surface area contributed by atoms with Crippen LogP contribution in [-0.2, 0) is 10.2 Å². The largest absolute Gasteiger partial charge is 0.339 e. The highest BCUT2D eigenvalue weighted by molar-refractivity contribution is 5.99. The third kappa shape index (κ3) is 3.79. The Morgan fingerprint density at radius 1 is 1.12 bits per heavy atom. The summed E-state index contributed by atoms with van der Waals surface area (Å²) in [7, 11) is 0. The van der Waals surface area contributed by atoms with Gasteiger partial charge in [-0.05, 0) is 36.6 Å². The molecule has 0 aliphatic carbocycles. The summed E-state index contributed by atoms with van der Waals surface area (Å²) in [6.45, 7) is 5.37. The van der Waals surface area contributed by atoms with Crippen molar-refractivity contribution in [3.8, 4) is 11.4 Å². The van der Waals surface area contributed by atoms with E-state index < -0.39 is 0 Å². The van der Waals surface area contributed by atoms with Crippen molar-refractivity contribution in [3.05, 3.63) is 65.5 Å². The Morgan fingerprint density at radius 3 is 2.62 bits per heavy atom. The minimum absolute atomic E-state index is 0.0140. The quantitative estimate of drug-likeness (QED) is 0.666. The minimum atomic E-state index is -0.296. The maximum Gasteiger partial charge on any atom is 0.253 e. The third-order valence-corrected chi connectivity index (χ3v) is 6.48. The lowest BCUT2D eigenvalue weighted by atomic mass is 9.77. The van der Waals surface area contributed by atoms with E-state index in [1.165, 1.54) is 0 Å². The van der Waals surface area contributed by atoms with E-state index in [2.05, 4.69) is 15.5 Å². The van der Waals surface area contributed by atoms with Gasteiger partial charge in [0.05, 0.1) is 0 Å². The molecule has 1 N–H and O–H groups in total. The van der Waals surface area contributed by atoms with Gasteiger partial charge in [0, 0.05) is 47.7 Å². The molecule has 0 saturated carbocycles. The maximum atomic E-state index is 13.2. The van der Waals surface area contributed by atoms with Gasteiger partial charge in [-0.3, -0.25) is 9.59 Å². The van der Waals surface area contributed by atoms with Crippen LogP contribution in [0.5, 0.6) is 0 Å². The van der Waals surface area contributed by atoms with Gasteiger partial charge in [-0.1, -0.05) is 49.3 Å². The molecule has 1 fully saturated rings. The topological polar surface area (TPSA) is 88.3 Å². The highest BCUT2D eigenvalue weighted by Crippen LogP contribution is 2.38. The van der Waals surface area contributed by atoms with Crippen LogP contribution in [-0.4, -0.2) is 39.9 Å². The van der Waals surface area contributed by atoms with Gasteiger partial charge in [0.25, 0.3) is 5.91 Å². The molecule has 1 aromatic heterocycles. The number of nitrogens with one attached hydrogen (secondary N) is 1. The summed E-state index contributed by atoms with van der Waals surface area (Å²) < 4.78 is 5.53. The Hall–Kier alpha value is -3.48. The molecule has 0 spiro atoms. The zero-order valence-electron chi connectivity index (χ0n) is 18.3. The number of fused-ring (bicyclic) bond motifs is 1. The molecular formula is C25H26N4O3. The highest BCUT2D eigenvalue weighted by Gasteiger charge is 2.33. The van der Waals surface area contributed by atoms with Gasteiger partial charge in [-0.25, -0.2) is 0 Å². The molecular weight excluding hydrogens is 404 g/mol. The fourth-order valence-corrected chi connectivity index (χ4v) is 4.65. The predicted octanol–water partition coefficient (Wildman–Crippen LogP) is 4.38. The molecule has 2 aliphatic heterocycles. The zero-order chi connectivity index (χ0) is 22.3. The van der Waals surface area contributed by atoms with Crippen LogP contribution in [0.3, 0.4) is 0 Å². The Balaban J connectivity index is 1.27. The minimum Gasteiger partial charge on any atom is -0.339 e. The van der Waals surface area contributed by atoms with Gasteiger partial charge in [-0.15, -0.1) is 0 Å². The number of aromatic nitrogens is 2. The molecule has 7 heteroatoms. The van der Waals surface area contributed by atoms with E-state index in [0.717, 1.165) is 29.7 Å². The first-order valence-electron chi connectivity index (χ1n) is 11.0. The summed E-state index contributed by atoms with van der Waals surface area (Å²) in [5, 5.41) is 7.04. The number of nitrogens with zero attached hydrogens (tertiary/aromatic N) is 3. The molecule has 164 valence electrons. The van der Waals surface area contributed by atoms with Crippen LogP contribution < -0.4 is 5.32 Å². The maximum absolute atomic E-state index is 13.2. The predicted molar refractivity (Wildman–Crippen MR) is 120 cm³/mol. The van der Waals surface area contributed by atoms with Gasteiger partial charge >= 0.3 is 0 Å². The van der Waals surface area contributed by atoms with E-state index in [0.29, 0.717) is 36.8 Å². The van der Waals surface area contributed by atoms with Crippen LogP contribution in [0, 0.1) is 0 Å². The van der Waals surface area contributed by atoms with Crippen LogP contribution in [0.25, 0.3) is 11.4 Å². The molecule has 2 aliphatic rings. The van der Waals surface area contributed by atoms with Crippen molar-refractivity contribution in [2.75, 3.05) is 18.4 Å². The second-order valence-electron chi connectivity index (χ2n) is 9.26. The van der Waals surface area contributed by atoms with Crippen molar-refractivity contribution < 1.29 is 14.1 Å². The molecule has 0 atom stereocenters. The normalized spacial score (nSPS) is 18.2. The van der Waals surface area contributed by atoms with Gasteiger partial charge < -0.3 is 14.7 Å². The Bertz CT molecular complexity index is 1160. The number of hydrogen-bond acceptors (Lipinski definition) is 5. The van der Waals surface area contributed by atoms with Crippen molar-refractivity contribution >= 4 is 17.5 Å². The van der Waals surface area contributed by atoms with Crippen LogP contribution in [0.15, 0.2) is 53.1 Å². The fraction of sp³-hybridized carbons (Fsp3) is 0.360. The number of rotatable bonds is 3. The molecule has 1 saturated heterocycles. The molecule has 7 nitrogen and oxygen atoms in total. The van der Waals surface area contributed by atoms with Gasteiger partial charge in [-0.2, -0.15) is 4.98 Å². The summed E-state index contributed by atoms with van der Waals surface area (Å²) in [4.78, 5) is 31.6. The third-order valence-electron chi connectivity index (χ3n) is 6.48. The monoisotopic (exact) mass is 430 g/mol. The summed E-state index contributed by atoms with van der Waals surface area (Å²) >= 11 is 0. The first-order valence-corrected chi connectivity index (χ1v) is 11.0. The van der Waals surface area contributed by atoms with Gasteiger partial charge in [0.1, 0.15) is 0 Å². The average molecular weight is 431 g/mol. The van der Waals surface area contributed by atoms with Crippen LogP contribution >= 0.6 is 0 Å². The van der Waals surface area contributed by atoms with E-state index >= 15 is 0 Å². The lowest BCUT2D eigenvalue weighted by Crippen LogP contribution is -2.38. The molecule has 0 bridgehead atoms. The Labute approximate surface area is 186 Å². The second kappa shape index (κ2) is 7.89. The van der Waals surface area contributed by atoms with Crippen molar-refractivity contribution in [2.24, 2.45) is 0 Å². The number of piperidine rings is 1. The van der Waals surface area contributed by atoms with E-state index in [1.54, 1.807) is 6.07 Å². The molecule has 0 radical (unpaired) electrons. The van der Waals surface area contributed by atoms with Gasteiger partial charge in [0.2, 0.25) is 17.6 Å². The first-order chi connectivity index (χ1) is 15.4. The van der Waals surface area contributed by atoms with Crippen molar-refractivity contribution in [1.29, 1.82) is 0 Å². The molecule has 3 aromatic rings. The number of carbonyl (C=O) groups excluding carboxylic acids is 2. The van der Waals surface area contributed by atoms with Crippen LogP contribution in [0.2, 0.25) is 0 Å². The smallest absolute Gasteiger partial charge is 0.253 e. The molecule has 2 amide bonds. The molecule has 5 rings (SSSR count). The summed E-state index contributed by atoms with van der Waals surface area (Å²) in [5.74, 6) is 1.43. The second-order valence-corrected chi connectivity index (χ2v) is 9.26. The van der Waals surface area contributed by atoms with Gasteiger partial charge in [0.15, 0.2) is 0 Å². The Morgan fingerprint density at radius 2 is 1.88 bits per heavy atom. The zero-order valence-corrected chi connectivity index (χ0v) is 18.3. The summed E-state index contributed by atoms with van der Waals surface area (Å²) in [5.41, 5.74) is 3.11.